The molecule has 16 heavy (non-hydrogen) atoms. The molecule has 0 spiro atoms. The lowest BCUT2D eigenvalue weighted by molar-refractivity contribution is -0.146. The number of hydrogen-bond donors (Lipinski definition) is 1. The molecule has 0 radical (unpaired) electrons. The molecule has 1 amide bonds. The van der Waals surface area contributed by atoms with E-state index >= 15 is 0 Å². The van der Waals surface area contributed by atoms with E-state index in [-0.39, 0.29) is 18.4 Å². The third-order valence-corrected chi connectivity index (χ3v) is 3.12. The van der Waals surface area contributed by atoms with Crippen molar-refractivity contribution in [1.82, 2.24) is 4.90 Å². The highest BCUT2D eigenvalue weighted by atomic mass is 16.5. The van der Waals surface area contributed by atoms with Crippen LogP contribution < -0.4 is 0 Å². The fourth-order valence-electron chi connectivity index (χ4n) is 2.04. The molecule has 5 nitrogen and oxygen atoms in total. The van der Waals surface area contributed by atoms with E-state index in [1.165, 1.54) is 0 Å². The van der Waals surface area contributed by atoms with E-state index in [9.17, 15) is 9.59 Å². The smallest absolute Gasteiger partial charge is 0.305 e. The van der Waals surface area contributed by atoms with Crippen molar-refractivity contribution in [2.45, 2.75) is 31.7 Å². The SMILES string of the molecule is O=C(O)CC1COCCN1C(=O)CC1CC1. The monoisotopic (exact) mass is 227 g/mol. The minimum Gasteiger partial charge on any atom is -0.481 e. The first-order chi connectivity index (χ1) is 7.66. The Morgan fingerprint density at radius 1 is 1.31 bits per heavy atom. The van der Waals surface area contributed by atoms with Crippen molar-refractivity contribution in [1.29, 1.82) is 0 Å². The van der Waals surface area contributed by atoms with E-state index in [1.807, 2.05) is 0 Å². The standard InChI is InChI=1S/C11H17NO4/c13-10(5-8-1-2-8)12-3-4-16-7-9(12)6-11(14)15/h8-9H,1-7H2,(H,14,15). The van der Waals surface area contributed by atoms with E-state index in [0.29, 0.717) is 32.1 Å². The Balaban J connectivity index is 1.91. The molecule has 1 saturated carbocycles. The Kier molecular flexibility index (Phi) is 3.43. The van der Waals surface area contributed by atoms with Crippen LogP contribution in [0, 0.1) is 5.92 Å². The van der Waals surface area contributed by atoms with Crippen LogP contribution in [0.5, 0.6) is 0 Å². The molecule has 2 aliphatic rings. The number of rotatable bonds is 4. The van der Waals surface area contributed by atoms with Crippen molar-refractivity contribution in [3.63, 3.8) is 0 Å². The van der Waals surface area contributed by atoms with Gasteiger partial charge in [-0.05, 0) is 18.8 Å². The molecule has 1 saturated heterocycles. The van der Waals surface area contributed by atoms with Crippen molar-refractivity contribution in [3.05, 3.63) is 0 Å². The quantitative estimate of drug-likeness (QED) is 0.759. The summed E-state index contributed by atoms with van der Waals surface area (Å²) in [6, 6.07) is -0.280. The Morgan fingerprint density at radius 3 is 2.69 bits per heavy atom. The van der Waals surface area contributed by atoms with E-state index in [1.54, 1.807) is 4.90 Å². The highest BCUT2D eigenvalue weighted by Gasteiger charge is 2.32. The number of carboxylic acid groups (broad SMARTS) is 1. The van der Waals surface area contributed by atoms with Gasteiger partial charge in [-0.15, -0.1) is 0 Å². The van der Waals surface area contributed by atoms with Gasteiger partial charge in [0.25, 0.3) is 0 Å². The molecule has 1 aliphatic heterocycles. The lowest BCUT2D eigenvalue weighted by Gasteiger charge is -2.35. The number of carboxylic acids is 1. The van der Waals surface area contributed by atoms with Gasteiger partial charge in [-0.25, -0.2) is 0 Å². The van der Waals surface area contributed by atoms with Gasteiger partial charge in [0, 0.05) is 13.0 Å². The highest BCUT2D eigenvalue weighted by Crippen LogP contribution is 2.33. The third kappa shape index (κ3) is 2.95. The van der Waals surface area contributed by atoms with Crippen molar-refractivity contribution in [2.75, 3.05) is 19.8 Å². The van der Waals surface area contributed by atoms with Gasteiger partial charge in [-0.2, -0.15) is 0 Å². The van der Waals surface area contributed by atoms with Gasteiger partial charge in [0.1, 0.15) is 0 Å². The molecule has 90 valence electrons. The van der Waals surface area contributed by atoms with Crippen molar-refractivity contribution >= 4 is 11.9 Å². The van der Waals surface area contributed by atoms with E-state index in [2.05, 4.69) is 0 Å². The molecule has 0 aromatic carbocycles. The average molecular weight is 227 g/mol. The zero-order valence-corrected chi connectivity index (χ0v) is 9.22. The summed E-state index contributed by atoms with van der Waals surface area (Å²) < 4.78 is 5.23. The van der Waals surface area contributed by atoms with Crippen molar-refractivity contribution in [2.24, 2.45) is 5.92 Å². The molecule has 1 unspecified atom stereocenters. The van der Waals surface area contributed by atoms with Crippen molar-refractivity contribution < 1.29 is 19.4 Å². The second-order valence-electron chi connectivity index (χ2n) is 4.56. The molecule has 1 heterocycles. The van der Waals surface area contributed by atoms with Crippen LogP contribution in [0.1, 0.15) is 25.7 Å². The summed E-state index contributed by atoms with van der Waals surface area (Å²) in [7, 11) is 0. The van der Waals surface area contributed by atoms with Crippen LogP contribution in [-0.4, -0.2) is 47.7 Å². The predicted octanol–water partition coefficient (Wildman–Crippen LogP) is 0.489. The van der Waals surface area contributed by atoms with Crippen LogP contribution in [0.4, 0.5) is 0 Å². The van der Waals surface area contributed by atoms with Crippen LogP contribution in [0.2, 0.25) is 0 Å². The number of carbonyl (C=O) groups excluding carboxylic acids is 1. The maximum Gasteiger partial charge on any atom is 0.305 e. The molecule has 2 fully saturated rings. The summed E-state index contributed by atoms with van der Waals surface area (Å²) in [5.41, 5.74) is 0. The molecule has 0 bridgehead atoms. The summed E-state index contributed by atoms with van der Waals surface area (Å²) in [6.07, 6.45) is 2.84. The van der Waals surface area contributed by atoms with Gasteiger partial charge < -0.3 is 14.7 Å². The van der Waals surface area contributed by atoms with Gasteiger partial charge in [0.15, 0.2) is 0 Å². The number of aliphatic carboxylic acids is 1. The van der Waals surface area contributed by atoms with Crippen LogP contribution >= 0.6 is 0 Å². The topological polar surface area (TPSA) is 66.8 Å². The van der Waals surface area contributed by atoms with E-state index in [0.717, 1.165) is 12.8 Å². The molecule has 0 aromatic heterocycles. The van der Waals surface area contributed by atoms with Gasteiger partial charge in [0.05, 0.1) is 25.7 Å². The largest absolute Gasteiger partial charge is 0.481 e. The second-order valence-corrected chi connectivity index (χ2v) is 4.56. The lowest BCUT2D eigenvalue weighted by Crippen LogP contribution is -2.49. The Morgan fingerprint density at radius 2 is 2.06 bits per heavy atom. The minimum absolute atomic E-state index is 0.0175. The Hall–Kier alpha value is -1.10. The summed E-state index contributed by atoms with van der Waals surface area (Å²) in [6.45, 7) is 1.40. The Labute approximate surface area is 94.4 Å². The second kappa shape index (κ2) is 4.82. The van der Waals surface area contributed by atoms with Crippen LogP contribution in [0.25, 0.3) is 0 Å². The molecule has 1 atom stereocenters. The first-order valence-corrected chi connectivity index (χ1v) is 5.76. The molecular formula is C11H17NO4. The molecule has 1 aliphatic carbocycles. The normalized spacial score (nSPS) is 25.5. The number of amides is 1. The first-order valence-electron chi connectivity index (χ1n) is 5.76. The number of morpholine rings is 1. The zero-order valence-electron chi connectivity index (χ0n) is 9.22. The molecule has 5 heteroatoms. The first kappa shape index (κ1) is 11.4. The molecule has 2 rings (SSSR count). The minimum atomic E-state index is -0.875. The maximum atomic E-state index is 11.9. The highest BCUT2D eigenvalue weighted by molar-refractivity contribution is 5.78. The fourth-order valence-corrected chi connectivity index (χ4v) is 2.04. The zero-order chi connectivity index (χ0) is 11.5. The van der Waals surface area contributed by atoms with Crippen LogP contribution in [0.3, 0.4) is 0 Å². The predicted molar refractivity (Wildman–Crippen MR) is 55.9 cm³/mol. The van der Waals surface area contributed by atoms with Crippen molar-refractivity contribution in [3.8, 4) is 0 Å². The molecule has 0 aromatic rings. The van der Waals surface area contributed by atoms with Gasteiger partial charge in [-0.1, -0.05) is 0 Å². The summed E-state index contributed by atoms with van der Waals surface area (Å²) in [4.78, 5) is 24.3. The summed E-state index contributed by atoms with van der Waals surface area (Å²) in [5, 5.41) is 8.77. The molecular weight excluding hydrogens is 210 g/mol. The van der Waals surface area contributed by atoms with E-state index in [4.69, 9.17) is 9.84 Å². The number of hydrogen-bond acceptors (Lipinski definition) is 3. The number of carbonyl (C=O) groups is 2. The molecule has 1 N–H and O–H groups in total. The number of nitrogens with zero attached hydrogens (tertiary/aromatic N) is 1. The maximum absolute atomic E-state index is 11.9. The van der Waals surface area contributed by atoms with Crippen LogP contribution in [-0.2, 0) is 14.3 Å². The average Bonchev–Trinajstić information content (AvgIpc) is 3.01. The fraction of sp³-hybridized carbons (Fsp3) is 0.818. The third-order valence-electron chi connectivity index (χ3n) is 3.12. The van der Waals surface area contributed by atoms with Gasteiger partial charge in [-0.3, -0.25) is 9.59 Å². The lowest BCUT2D eigenvalue weighted by atomic mass is 10.1. The van der Waals surface area contributed by atoms with Gasteiger partial charge in [0.2, 0.25) is 5.91 Å². The van der Waals surface area contributed by atoms with E-state index < -0.39 is 5.97 Å². The van der Waals surface area contributed by atoms with Crippen LogP contribution in [0.15, 0.2) is 0 Å². The summed E-state index contributed by atoms with van der Waals surface area (Å²) in [5.74, 6) is -0.238. The Bertz CT molecular complexity index is 288. The number of ether oxygens (including phenoxy) is 1. The summed E-state index contributed by atoms with van der Waals surface area (Å²) >= 11 is 0. The van der Waals surface area contributed by atoms with Gasteiger partial charge >= 0.3 is 5.97 Å².